The number of allylic oxidation sites excluding steroid dienone is 1. The second-order valence-electron chi connectivity index (χ2n) is 3.80. The van der Waals surface area contributed by atoms with Gasteiger partial charge in [-0.1, -0.05) is 36.4 Å². The molecule has 2 nitrogen and oxygen atoms in total. The van der Waals surface area contributed by atoms with Crippen LogP contribution in [-0.4, -0.2) is 20.3 Å². The van der Waals surface area contributed by atoms with E-state index in [1.807, 2.05) is 30.4 Å². The van der Waals surface area contributed by atoms with Crippen molar-refractivity contribution >= 4 is 6.08 Å². The zero-order valence-corrected chi connectivity index (χ0v) is 10.9. The Kier molecular flexibility index (Phi) is 6.59. The van der Waals surface area contributed by atoms with Gasteiger partial charge in [-0.2, -0.15) is 0 Å². The van der Waals surface area contributed by atoms with E-state index in [0.717, 1.165) is 17.7 Å². The van der Waals surface area contributed by atoms with Crippen molar-refractivity contribution in [1.82, 2.24) is 0 Å². The lowest BCUT2D eigenvalue weighted by molar-refractivity contribution is 0.194. The molecular weight excluding hydrogens is 224 g/mol. The minimum Gasteiger partial charge on any atom is -0.496 e. The summed E-state index contributed by atoms with van der Waals surface area (Å²) in [6.07, 6.45) is 8.43. The summed E-state index contributed by atoms with van der Waals surface area (Å²) in [6.45, 7) is 8.47. The number of hydrogen-bond donors (Lipinski definition) is 0. The fraction of sp³-hybridized carbons (Fsp3) is 0.250. The summed E-state index contributed by atoms with van der Waals surface area (Å²) < 4.78 is 10.6. The van der Waals surface area contributed by atoms with Crippen LogP contribution in [0.25, 0.3) is 6.08 Å². The van der Waals surface area contributed by atoms with Gasteiger partial charge in [0, 0.05) is 5.56 Å². The number of methoxy groups -OCH3 is 1. The molecule has 0 unspecified atom stereocenters. The average molecular weight is 244 g/mol. The van der Waals surface area contributed by atoms with E-state index >= 15 is 0 Å². The zero-order chi connectivity index (χ0) is 13.2. The predicted octanol–water partition coefficient (Wildman–Crippen LogP) is 3.64. The van der Waals surface area contributed by atoms with Crippen LogP contribution in [0.1, 0.15) is 11.1 Å². The topological polar surface area (TPSA) is 18.5 Å². The molecule has 0 heterocycles. The summed E-state index contributed by atoms with van der Waals surface area (Å²) in [7, 11) is 1.68. The Morgan fingerprint density at radius 2 is 2.00 bits per heavy atom. The molecule has 2 heteroatoms. The fourth-order valence-corrected chi connectivity index (χ4v) is 1.58. The van der Waals surface area contributed by atoms with Crippen molar-refractivity contribution in [2.45, 2.75) is 6.42 Å². The van der Waals surface area contributed by atoms with Gasteiger partial charge in [-0.05, 0) is 18.1 Å². The molecule has 0 atom stereocenters. The third-order valence-corrected chi connectivity index (χ3v) is 2.43. The molecule has 0 saturated heterocycles. The lowest BCUT2D eigenvalue weighted by Crippen LogP contribution is -1.92. The first-order chi connectivity index (χ1) is 8.81. The SMILES string of the molecule is C=CCOCC=Cc1ccc(CC=C)cc1OC. The molecule has 0 N–H and O–H groups in total. The Bertz CT molecular complexity index is 419. The summed E-state index contributed by atoms with van der Waals surface area (Å²) in [4.78, 5) is 0. The van der Waals surface area contributed by atoms with E-state index in [4.69, 9.17) is 9.47 Å². The molecule has 0 aliphatic carbocycles. The van der Waals surface area contributed by atoms with Crippen LogP contribution in [0.3, 0.4) is 0 Å². The van der Waals surface area contributed by atoms with Gasteiger partial charge in [0.15, 0.2) is 0 Å². The third kappa shape index (κ3) is 4.60. The van der Waals surface area contributed by atoms with Crippen molar-refractivity contribution in [2.24, 2.45) is 0 Å². The van der Waals surface area contributed by atoms with Crippen molar-refractivity contribution in [3.63, 3.8) is 0 Å². The molecule has 0 radical (unpaired) electrons. The summed E-state index contributed by atoms with van der Waals surface area (Å²) in [5.74, 6) is 0.870. The van der Waals surface area contributed by atoms with Gasteiger partial charge in [0.05, 0.1) is 20.3 Å². The fourth-order valence-electron chi connectivity index (χ4n) is 1.58. The highest BCUT2D eigenvalue weighted by molar-refractivity contribution is 5.58. The van der Waals surface area contributed by atoms with Crippen LogP contribution in [0, 0.1) is 0 Å². The van der Waals surface area contributed by atoms with Crippen molar-refractivity contribution in [1.29, 1.82) is 0 Å². The smallest absolute Gasteiger partial charge is 0.126 e. The van der Waals surface area contributed by atoms with Gasteiger partial charge < -0.3 is 9.47 Å². The molecule has 0 aliphatic rings. The van der Waals surface area contributed by atoms with Crippen molar-refractivity contribution in [3.8, 4) is 5.75 Å². The van der Waals surface area contributed by atoms with E-state index in [1.165, 1.54) is 5.56 Å². The monoisotopic (exact) mass is 244 g/mol. The number of rotatable bonds is 8. The van der Waals surface area contributed by atoms with E-state index in [2.05, 4.69) is 19.2 Å². The van der Waals surface area contributed by atoms with Crippen molar-refractivity contribution in [3.05, 3.63) is 60.7 Å². The van der Waals surface area contributed by atoms with E-state index < -0.39 is 0 Å². The van der Waals surface area contributed by atoms with Gasteiger partial charge in [0.2, 0.25) is 0 Å². The molecule has 0 aromatic heterocycles. The van der Waals surface area contributed by atoms with E-state index in [1.54, 1.807) is 13.2 Å². The summed E-state index contributed by atoms with van der Waals surface area (Å²) >= 11 is 0. The molecule has 1 aromatic rings. The zero-order valence-electron chi connectivity index (χ0n) is 10.9. The minimum atomic E-state index is 0.569. The van der Waals surface area contributed by atoms with Crippen molar-refractivity contribution in [2.75, 3.05) is 20.3 Å². The van der Waals surface area contributed by atoms with Crippen LogP contribution >= 0.6 is 0 Å². The highest BCUT2D eigenvalue weighted by Crippen LogP contribution is 2.22. The average Bonchev–Trinajstić information content (AvgIpc) is 2.40. The molecule has 1 aromatic carbocycles. The first kappa shape index (κ1) is 14.3. The van der Waals surface area contributed by atoms with Gasteiger partial charge in [-0.15, -0.1) is 13.2 Å². The number of hydrogen-bond acceptors (Lipinski definition) is 2. The van der Waals surface area contributed by atoms with Gasteiger partial charge in [-0.25, -0.2) is 0 Å². The molecule has 0 aliphatic heterocycles. The van der Waals surface area contributed by atoms with Crippen LogP contribution in [0.2, 0.25) is 0 Å². The second-order valence-corrected chi connectivity index (χ2v) is 3.80. The number of benzene rings is 1. The van der Waals surface area contributed by atoms with Gasteiger partial charge in [0.1, 0.15) is 5.75 Å². The molecule has 96 valence electrons. The normalized spacial score (nSPS) is 10.5. The maximum absolute atomic E-state index is 5.37. The lowest BCUT2D eigenvalue weighted by Gasteiger charge is -2.07. The van der Waals surface area contributed by atoms with Crippen LogP contribution in [-0.2, 0) is 11.2 Å². The number of ether oxygens (including phenoxy) is 2. The standard InChI is InChI=1S/C16H20O2/c1-4-7-14-9-10-15(16(13-14)17-3)8-6-12-18-11-5-2/h4-6,8-10,13H,1-2,7,11-12H2,3H3. The van der Waals surface area contributed by atoms with E-state index in [9.17, 15) is 0 Å². The molecule has 0 spiro atoms. The Labute approximate surface area is 109 Å². The minimum absolute atomic E-state index is 0.569. The van der Waals surface area contributed by atoms with Crippen LogP contribution in [0.5, 0.6) is 5.75 Å². The van der Waals surface area contributed by atoms with E-state index in [-0.39, 0.29) is 0 Å². The van der Waals surface area contributed by atoms with Crippen LogP contribution < -0.4 is 4.74 Å². The first-order valence-electron chi connectivity index (χ1n) is 5.94. The molecule has 18 heavy (non-hydrogen) atoms. The molecule has 0 amide bonds. The quantitative estimate of drug-likeness (QED) is 0.513. The van der Waals surface area contributed by atoms with Gasteiger partial charge >= 0.3 is 0 Å². The summed E-state index contributed by atoms with van der Waals surface area (Å²) in [5.41, 5.74) is 2.24. The molecule has 0 fully saturated rings. The molecule has 0 saturated carbocycles. The Morgan fingerprint density at radius 1 is 1.17 bits per heavy atom. The molecule has 1 rings (SSSR count). The molecule has 0 bridgehead atoms. The Morgan fingerprint density at radius 3 is 2.67 bits per heavy atom. The predicted molar refractivity (Wildman–Crippen MR) is 76.9 cm³/mol. The maximum Gasteiger partial charge on any atom is 0.126 e. The van der Waals surface area contributed by atoms with Gasteiger partial charge in [-0.3, -0.25) is 0 Å². The first-order valence-corrected chi connectivity index (χ1v) is 5.94. The molecular formula is C16H20O2. The maximum atomic E-state index is 5.37. The van der Waals surface area contributed by atoms with Crippen LogP contribution in [0.15, 0.2) is 49.6 Å². The van der Waals surface area contributed by atoms with Crippen LogP contribution in [0.4, 0.5) is 0 Å². The Hall–Kier alpha value is -1.80. The largest absolute Gasteiger partial charge is 0.496 e. The van der Waals surface area contributed by atoms with Gasteiger partial charge in [0.25, 0.3) is 0 Å². The lowest BCUT2D eigenvalue weighted by atomic mass is 10.1. The highest BCUT2D eigenvalue weighted by Gasteiger charge is 2.00. The van der Waals surface area contributed by atoms with E-state index in [0.29, 0.717) is 13.2 Å². The third-order valence-electron chi connectivity index (χ3n) is 2.43. The highest BCUT2D eigenvalue weighted by atomic mass is 16.5. The second kappa shape index (κ2) is 8.31. The summed E-state index contributed by atoms with van der Waals surface area (Å²) in [5, 5.41) is 0. The summed E-state index contributed by atoms with van der Waals surface area (Å²) in [6, 6.07) is 6.15. The Balaban J connectivity index is 2.69. The van der Waals surface area contributed by atoms with Crippen molar-refractivity contribution < 1.29 is 9.47 Å².